The average molecular weight is 499 g/mol. The summed E-state index contributed by atoms with van der Waals surface area (Å²) in [6.07, 6.45) is -2.44. The van der Waals surface area contributed by atoms with Gasteiger partial charge in [-0.15, -0.1) is 0 Å². The molecule has 2 aromatic rings. The molecular formula is C19H20F3N7O4S. The smallest absolute Gasteiger partial charge is 0.451 e. The molecule has 0 unspecified atom stereocenters. The summed E-state index contributed by atoms with van der Waals surface area (Å²) in [5.74, 6) is -3.55. The number of hydrogen-bond acceptors (Lipinski definition) is 8. The summed E-state index contributed by atoms with van der Waals surface area (Å²) in [5, 5.41) is 9.59. The molecule has 0 aromatic carbocycles. The van der Waals surface area contributed by atoms with Crippen molar-refractivity contribution in [1.29, 1.82) is 0 Å². The van der Waals surface area contributed by atoms with Gasteiger partial charge in [0.2, 0.25) is 5.82 Å². The Hall–Kier alpha value is -3.49. The number of nitrogens with one attached hydrogen (secondary N) is 2. The predicted octanol–water partition coefficient (Wildman–Crippen LogP) is 2.25. The fraction of sp³-hybridized carbons (Fsp3) is 0.421. The minimum atomic E-state index is -4.84. The van der Waals surface area contributed by atoms with Crippen LogP contribution in [0.5, 0.6) is 0 Å². The Bertz CT molecular complexity index is 1110. The van der Waals surface area contributed by atoms with Gasteiger partial charge in [-0.2, -0.15) is 13.2 Å². The number of hydrogen-bond donors (Lipinski definition) is 3. The van der Waals surface area contributed by atoms with E-state index >= 15 is 0 Å². The molecule has 34 heavy (non-hydrogen) atoms. The van der Waals surface area contributed by atoms with E-state index in [-0.39, 0.29) is 24.6 Å². The number of aryl methyl sites for hydroxylation is 1. The second-order valence-corrected chi connectivity index (χ2v) is 8.04. The van der Waals surface area contributed by atoms with Crippen LogP contribution in [0.3, 0.4) is 0 Å². The first-order valence-electron chi connectivity index (χ1n) is 9.92. The molecule has 0 spiro atoms. The Balaban J connectivity index is 1.79. The van der Waals surface area contributed by atoms with Gasteiger partial charge in [0.1, 0.15) is 5.69 Å². The Morgan fingerprint density at radius 3 is 2.35 bits per heavy atom. The molecule has 3 amide bonds. The number of carbonyl (C=O) groups is 3. The van der Waals surface area contributed by atoms with E-state index in [1.54, 1.807) is 13.2 Å². The number of rotatable bonds is 4. The van der Waals surface area contributed by atoms with E-state index in [0.717, 1.165) is 12.3 Å². The van der Waals surface area contributed by atoms with Gasteiger partial charge >= 0.3 is 12.3 Å². The Morgan fingerprint density at radius 1 is 1.12 bits per heavy atom. The lowest BCUT2D eigenvalue weighted by Gasteiger charge is -2.30. The van der Waals surface area contributed by atoms with Crippen LogP contribution < -0.4 is 10.9 Å². The first kappa shape index (κ1) is 25.1. The number of thioether (sulfide) groups is 1. The van der Waals surface area contributed by atoms with Crippen molar-refractivity contribution >= 4 is 29.7 Å². The average Bonchev–Trinajstić information content (AvgIpc) is 2.81. The highest BCUT2D eigenvalue weighted by atomic mass is 32.2. The van der Waals surface area contributed by atoms with Crippen molar-refractivity contribution < 1.29 is 32.7 Å². The van der Waals surface area contributed by atoms with Crippen molar-refractivity contribution in [2.75, 3.05) is 19.3 Å². The summed E-state index contributed by atoms with van der Waals surface area (Å²) in [6.45, 7) is 2.13. The van der Waals surface area contributed by atoms with Crippen molar-refractivity contribution in [3.8, 4) is 0 Å². The van der Waals surface area contributed by atoms with Crippen LogP contribution in [0.2, 0.25) is 0 Å². The molecule has 3 rings (SSSR count). The number of carbonyl (C=O) groups excluding carboxylic acids is 2. The third kappa shape index (κ3) is 5.70. The number of halogens is 3. The molecule has 0 bridgehead atoms. The summed E-state index contributed by atoms with van der Waals surface area (Å²) in [6, 6.07) is 0.972. The van der Waals surface area contributed by atoms with Crippen molar-refractivity contribution in [1.82, 2.24) is 35.7 Å². The molecule has 1 fully saturated rings. The largest absolute Gasteiger partial charge is 0.465 e. The molecule has 0 radical (unpaired) electrons. The van der Waals surface area contributed by atoms with Crippen molar-refractivity contribution in [2.24, 2.45) is 0 Å². The zero-order valence-corrected chi connectivity index (χ0v) is 18.8. The van der Waals surface area contributed by atoms with Gasteiger partial charge in [0.05, 0.1) is 17.0 Å². The maximum Gasteiger partial charge on any atom is 0.451 e. The van der Waals surface area contributed by atoms with Crippen molar-refractivity contribution in [3.63, 3.8) is 0 Å². The Morgan fingerprint density at radius 2 is 1.76 bits per heavy atom. The monoisotopic (exact) mass is 499 g/mol. The van der Waals surface area contributed by atoms with E-state index in [4.69, 9.17) is 5.11 Å². The molecule has 1 aliphatic rings. The van der Waals surface area contributed by atoms with Crippen LogP contribution in [0.4, 0.5) is 18.0 Å². The van der Waals surface area contributed by atoms with Crippen LogP contribution in [-0.2, 0) is 6.18 Å². The van der Waals surface area contributed by atoms with Gasteiger partial charge in [-0.3, -0.25) is 20.4 Å². The standard InChI is InChI=1S/C19H20F3N7O4S/c1-9-12(13(26-17(24-9)34-2)10-4-7-29(8-5-10)18(32)33)15(31)28-27-14(30)11-3-6-23-16(25-11)19(20,21)22/h3,6,10H,4-5,7-8H2,1-2H3,(H,27,30)(H,28,31)(H,32,33). The lowest BCUT2D eigenvalue weighted by molar-refractivity contribution is -0.145. The highest BCUT2D eigenvalue weighted by Gasteiger charge is 2.35. The zero-order valence-electron chi connectivity index (χ0n) is 18.0. The normalized spacial score (nSPS) is 14.6. The summed E-state index contributed by atoms with van der Waals surface area (Å²) >= 11 is 1.27. The van der Waals surface area contributed by atoms with E-state index in [1.165, 1.54) is 16.7 Å². The van der Waals surface area contributed by atoms with Crippen LogP contribution in [0, 0.1) is 6.92 Å². The molecule has 11 nitrogen and oxygen atoms in total. The summed E-state index contributed by atoms with van der Waals surface area (Å²) in [4.78, 5) is 52.6. The SMILES string of the molecule is CSc1nc(C)c(C(=O)NNC(=O)c2ccnc(C(F)(F)F)n2)c(C2CCN(C(=O)O)CC2)n1. The fourth-order valence-corrected chi connectivity index (χ4v) is 3.86. The van der Waals surface area contributed by atoms with Crippen LogP contribution in [0.1, 0.15) is 56.8 Å². The summed E-state index contributed by atoms with van der Waals surface area (Å²) in [5.41, 5.74) is 4.47. The molecule has 3 N–H and O–H groups in total. The molecule has 0 aliphatic carbocycles. The minimum absolute atomic E-state index is 0.102. The third-order valence-electron chi connectivity index (χ3n) is 5.09. The molecule has 15 heteroatoms. The van der Waals surface area contributed by atoms with Gasteiger partial charge in [-0.1, -0.05) is 11.8 Å². The summed E-state index contributed by atoms with van der Waals surface area (Å²) < 4.78 is 38.4. The Kier molecular flexibility index (Phi) is 7.54. The molecule has 182 valence electrons. The zero-order chi connectivity index (χ0) is 25.0. The van der Waals surface area contributed by atoms with Crippen molar-refractivity contribution in [3.05, 3.63) is 40.7 Å². The highest BCUT2D eigenvalue weighted by Crippen LogP contribution is 2.31. The van der Waals surface area contributed by atoms with Gasteiger partial charge < -0.3 is 10.0 Å². The number of aromatic nitrogens is 4. The maximum absolute atomic E-state index is 12.9. The number of alkyl halides is 3. The molecule has 1 aliphatic heterocycles. The van der Waals surface area contributed by atoms with E-state index in [1.807, 2.05) is 5.43 Å². The molecule has 3 heterocycles. The first-order valence-corrected chi connectivity index (χ1v) is 11.1. The molecule has 2 aromatic heterocycles. The molecule has 0 saturated carbocycles. The molecule has 1 saturated heterocycles. The van der Waals surface area contributed by atoms with Crippen molar-refractivity contribution in [2.45, 2.75) is 37.0 Å². The van der Waals surface area contributed by atoms with Crippen LogP contribution in [0.25, 0.3) is 0 Å². The first-order chi connectivity index (χ1) is 16.0. The number of amides is 3. The lowest BCUT2D eigenvalue weighted by Crippen LogP contribution is -2.43. The number of likely N-dealkylation sites (tertiary alicyclic amines) is 1. The topological polar surface area (TPSA) is 150 Å². The Labute approximate surface area is 195 Å². The van der Waals surface area contributed by atoms with Gasteiger partial charge in [0.15, 0.2) is 5.16 Å². The van der Waals surface area contributed by atoms with E-state index in [0.29, 0.717) is 29.4 Å². The van der Waals surface area contributed by atoms with Crippen LogP contribution >= 0.6 is 11.8 Å². The lowest BCUT2D eigenvalue weighted by atomic mass is 9.90. The van der Waals surface area contributed by atoms with Gasteiger partial charge in [0.25, 0.3) is 11.8 Å². The van der Waals surface area contributed by atoms with Crippen LogP contribution in [0.15, 0.2) is 17.4 Å². The molecular weight excluding hydrogens is 479 g/mol. The quantitative estimate of drug-likeness (QED) is 0.327. The highest BCUT2D eigenvalue weighted by molar-refractivity contribution is 7.98. The second-order valence-electron chi connectivity index (χ2n) is 7.27. The number of carboxylic acid groups (broad SMARTS) is 1. The van der Waals surface area contributed by atoms with Gasteiger partial charge in [0, 0.05) is 25.2 Å². The van der Waals surface area contributed by atoms with E-state index in [9.17, 15) is 27.6 Å². The number of nitrogens with zero attached hydrogens (tertiary/aromatic N) is 5. The fourth-order valence-electron chi connectivity index (χ4n) is 3.44. The maximum atomic E-state index is 12.9. The minimum Gasteiger partial charge on any atom is -0.465 e. The predicted molar refractivity (Wildman–Crippen MR) is 112 cm³/mol. The summed E-state index contributed by atoms with van der Waals surface area (Å²) in [7, 11) is 0. The second kappa shape index (κ2) is 10.2. The molecule has 0 atom stereocenters. The van der Waals surface area contributed by atoms with Gasteiger partial charge in [-0.25, -0.2) is 24.7 Å². The third-order valence-corrected chi connectivity index (χ3v) is 5.64. The number of piperidine rings is 1. The van der Waals surface area contributed by atoms with Crippen LogP contribution in [-0.4, -0.2) is 67.2 Å². The van der Waals surface area contributed by atoms with E-state index in [2.05, 4.69) is 25.4 Å². The van der Waals surface area contributed by atoms with E-state index < -0.39 is 35.6 Å². The van der Waals surface area contributed by atoms with Gasteiger partial charge in [-0.05, 0) is 32.1 Å². The number of hydrazine groups is 1.